The number of hydrogen-bond acceptors (Lipinski definition) is 3. The Morgan fingerprint density at radius 3 is 1.56 bits per heavy atom. The first-order chi connectivity index (χ1) is 12.8. The van der Waals surface area contributed by atoms with E-state index in [9.17, 15) is 9.59 Å². The van der Waals surface area contributed by atoms with Crippen LogP contribution in [0.5, 0.6) is 0 Å². The molecular formula is C23H31ClO3. The third-order valence-electron chi connectivity index (χ3n) is 10.3. The van der Waals surface area contributed by atoms with Crippen molar-refractivity contribution in [2.24, 2.45) is 45.3 Å². The van der Waals surface area contributed by atoms with E-state index >= 15 is 0 Å². The van der Waals surface area contributed by atoms with Crippen LogP contribution in [0, 0.1) is 45.3 Å². The second-order valence-corrected chi connectivity index (χ2v) is 12.2. The molecule has 8 fully saturated rings. The number of carbonyl (C=O) groups is 2. The van der Waals surface area contributed by atoms with E-state index in [1.165, 1.54) is 38.5 Å². The number of hydrogen-bond donors (Lipinski definition) is 0. The van der Waals surface area contributed by atoms with E-state index in [1.54, 1.807) is 7.11 Å². The lowest BCUT2D eigenvalue weighted by atomic mass is 9.31. The van der Waals surface area contributed by atoms with Crippen molar-refractivity contribution in [1.29, 1.82) is 0 Å². The summed E-state index contributed by atoms with van der Waals surface area (Å²) in [6.07, 6.45) is 13.9. The van der Waals surface area contributed by atoms with Gasteiger partial charge in [-0.25, -0.2) is 0 Å². The van der Waals surface area contributed by atoms with E-state index in [4.69, 9.17) is 16.3 Å². The van der Waals surface area contributed by atoms with E-state index in [2.05, 4.69) is 0 Å². The van der Waals surface area contributed by atoms with Gasteiger partial charge < -0.3 is 4.74 Å². The van der Waals surface area contributed by atoms with Gasteiger partial charge in [0.05, 0.1) is 12.5 Å². The second-order valence-electron chi connectivity index (χ2n) is 11.8. The summed E-state index contributed by atoms with van der Waals surface area (Å²) in [7, 11) is 1.57. The number of carbonyl (C=O) groups excluding carboxylic acids is 2. The molecule has 0 aromatic rings. The largest absolute Gasteiger partial charge is 0.469 e. The van der Waals surface area contributed by atoms with Crippen LogP contribution in [0.2, 0.25) is 0 Å². The van der Waals surface area contributed by atoms with Crippen LogP contribution in [-0.2, 0) is 14.3 Å². The summed E-state index contributed by atoms with van der Waals surface area (Å²) >= 11 is 6.26. The number of ether oxygens (including phenoxy) is 1. The van der Waals surface area contributed by atoms with Crippen molar-refractivity contribution in [2.45, 2.75) is 77.0 Å². The van der Waals surface area contributed by atoms with Crippen LogP contribution in [0.1, 0.15) is 77.0 Å². The Kier molecular flexibility index (Phi) is 3.28. The number of rotatable bonds is 3. The fourth-order valence-electron chi connectivity index (χ4n) is 10.5. The molecule has 0 saturated heterocycles. The average molecular weight is 391 g/mol. The van der Waals surface area contributed by atoms with Gasteiger partial charge >= 0.3 is 5.97 Å². The summed E-state index contributed by atoms with van der Waals surface area (Å²) in [5.41, 5.74) is 0.00693. The Hall–Kier alpha value is -0.570. The van der Waals surface area contributed by atoms with Crippen molar-refractivity contribution >= 4 is 22.8 Å². The lowest BCUT2D eigenvalue weighted by Gasteiger charge is -2.73. The Morgan fingerprint density at radius 1 is 0.741 bits per heavy atom. The van der Waals surface area contributed by atoms with Gasteiger partial charge in [-0.05, 0) is 123 Å². The SMILES string of the molecule is COC(=O)C12CC3CC(C1)CC(C14CC5CC(CC(C(=O)Cl)(C5)C1)C4)(C3)C2. The highest BCUT2D eigenvalue weighted by atomic mass is 35.5. The fraction of sp³-hybridized carbons (Fsp3) is 0.913. The van der Waals surface area contributed by atoms with Gasteiger partial charge in [-0.3, -0.25) is 9.59 Å². The summed E-state index contributed by atoms with van der Waals surface area (Å²) in [4.78, 5) is 25.5. The average Bonchev–Trinajstić information content (AvgIpc) is 2.58. The summed E-state index contributed by atoms with van der Waals surface area (Å²) in [6.45, 7) is 0. The van der Waals surface area contributed by atoms with Gasteiger partial charge in [0, 0.05) is 5.41 Å². The minimum Gasteiger partial charge on any atom is -0.469 e. The predicted molar refractivity (Wildman–Crippen MR) is 102 cm³/mol. The lowest BCUT2D eigenvalue weighted by Crippen LogP contribution is -2.66. The third-order valence-corrected chi connectivity index (χ3v) is 10.7. The Morgan fingerprint density at radius 2 is 1.15 bits per heavy atom. The highest BCUT2D eigenvalue weighted by Gasteiger charge is 2.71. The molecule has 0 amide bonds. The molecular weight excluding hydrogens is 360 g/mol. The number of halogens is 1. The summed E-state index contributed by atoms with van der Waals surface area (Å²) < 4.78 is 5.34. The zero-order valence-electron chi connectivity index (χ0n) is 16.4. The van der Waals surface area contributed by atoms with Crippen molar-refractivity contribution in [1.82, 2.24) is 0 Å². The first kappa shape index (κ1) is 17.3. The summed E-state index contributed by atoms with van der Waals surface area (Å²) in [5.74, 6) is 2.77. The predicted octanol–water partition coefficient (Wildman–Crippen LogP) is 5.10. The maximum Gasteiger partial charge on any atom is 0.311 e. The summed E-state index contributed by atoms with van der Waals surface area (Å²) in [6, 6.07) is 0. The van der Waals surface area contributed by atoms with Gasteiger partial charge in [-0.15, -0.1) is 0 Å². The molecule has 8 bridgehead atoms. The maximum absolute atomic E-state index is 12.9. The molecule has 4 heteroatoms. The van der Waals surface area contributed by atoms with Crippen molar-refractivity contribution in [3.05, 3.63) is 0 Å². The van der Waals surface area contributed by atoms with Gasteiger partial charge in [0.15, 0.2) is 0 Å². The minimum absolute atomic E-state index is 0.0498. The molecule has 3 nitrogen and oxygen atoms in total. The van der Waals surface area contributed by atoms with Crippen LogP contribution in [0.15, 0.2) is 0 Å². The zero-order valence-corrected chi connectivity index (χ0v) is 17.2. The van der Waals surface area contributed by atoms with E-state index < -0.39 is 0 Å². The number of esters is 1. The van der Waals surface area contributed by atoms with Crippen molar-refractivity contribution in [2.75, 3.05) is 7.11 Å². The quantitative estimate of drug-likeness (QED) is 0.497. The third kappa shape index (κ3) is 2.05. The smallest absolute Gasteiger partial charge is 0.311 e. The first-order valence-electron chi connectivity index (χ1n) is 11.1. The van der Waals surface area contributed by atoms with Gasteiger partial charge in [-0.1, -0.05) is 0 Å². The van der Waals surface area contributed by atoms with E-state index in [0.717, 1.165) is 38.5 Å². The van der Waals surface area contributed by atoms with Crippen LogP contribution < -0.4 is 0 Å². The van der Waals surface area contributed by atoms with Crippen molar-refractivity contribution in [3.8, 4) is 0 Å². The molecule has 8 rings (SSSR count). The van der Waals surface area contributed by atoms with Gasteiger partial charge in [0.25, 0.3) is 0 Å². The molecule has 4 unspecified atom stereocenters. The Balaban J connectivity index is 1.45. The second kappa shape index (κ2) is 5.12. The molecule has 8 aliphatic carbocycles. The highest BCUT2D eigenvalue weighted by molar-refractivity contribution is 6.64. The zero-order chi connectivity index (χ0) is 18.7. The highest BCUT2D eigenvalue weighted by Crippen LogP contribution is 2.78. The molecule has 0 heterocycles. The summed E-state index contributed by atoms with van der Waals surface area (Å²) in [5, 5.41) is -0.0617. The molecule has 8 aliphatic rings. The minimum atomic E-state index is -0.257. The van der Waals surface area contributed by atoms with Crippen LogP contribution in [-0.4, -0.2) is 18.3 Å². The Labute approximate surface area is 166 Å². The van der Waals surface area contributed by atoms with Gasteiger partial charge in [-0.2, -0.15) is 0 Å². The monoisotopic (exact) mass is 390 g/mol. The van der Waals surface area contributed by atoms with Crippen LogP contribution in [0.25, 0.3) is 0 Å². The van der Waals surface area contributed by atoms with Gasteiger partial charge in [0.1, 0.15) is 0 Å². The maximum atomic E-state index is 12.9. The normalized spacial score (nSPS) is 57.1. The molecule has 4 atom stereocenters. The van der Waals surface area contributed by atoms with Crippen LogP contribution in [0.3, 0.4) is 0 Å². The Bertz CT molecular complexity index is 699. The van der Waals surface area contributed by atoms with E-state index in [0.29, 0.717) is 23.7 Å². The molecule has 0 aliphatic heterocycles. The van der Waals surface area contributed by atoms with Crippen molar-refractivity contribution in [3.63, 3.8) is 0 Å². The number of methoxy groups -OCH3 is 1. The molecule has 27 heavy (non-hydrogen) atoms. The van der Waals surface area contributed by atoms with E-state index in [-0.39, 0.29) is 32.9 Å². The molecule has 0 radical (unpaired) electrons. The van der Waals surface area contributed by atoms with E-state index in [1.807, 2.05) is 0 Å². The van der Waals surface area contributed by atoms with Crippen molar-refractivity contribution < 1.29 is 14.3 Å². The fourth-order valence-corrected chi connectivity index (χ4v) is 10.7. The van der Waals surface area contributed by atoms with Gasteiger partial charge in [0.2, 0.25) is 5.24 Å². The van der Waals surface area contributed by atoms with Crippen LogP contribution >= 0.6 is 11.6 Å². The molecule has 8 saturated carbocycles. The first-order valence-corrected chi connectivity index (χ1v) is 11.5. The molecule has 0 aromatic carbocycles. The molecule has 148 valence electrons. The molecule has 0 spiro atoms. The molecule has 0 aromatic heterocycles. The standard InChI is InChI=1S/C23H31ClO3/c1-27-19(26)21-6-16-3-17(7-21)11-23(10-16,13-21)22-8-14-2-15(9-22)5-20(4-14,12-22)18(24)25/h14-17H,2-13H2,1H3. The molecule has 0 N–H and O–H groups in total. The lowest BCUT2D eigenvalue weighted by molar-refractivity contribution is -0.237. The topological polar surface area (TPSA) is 43.4 Å². The van der Waals surface area contributed by atoms with Crippen LogP contribution in [0.4, 0.5) is 0 Å².